The normalized spacial score (nSPS) is 15.6. The summed E-state index contributed by atoms with van der Waals surface area (Å²) >= 11 is 1.18. The Morgan fingerprint density at radius 2 is 1.94 bits per heavy atom. The number of benzene rings is 1. The van der Waals surface area contributed by atoms with Crippen LogP contribution in [0.15, 0.2) is 83.8 Å². The van der Waals surface area contributed by atoms with Gasteiger partial charge in [0, 0.05) is 42.9 Å². The third-order valence-corrected chi connectivity index (χ3v) is 6.56. The van der Waals surface area contributed by atoms with Crippen molar-refractivity contribution in [1.29, 1.82) is 0 Å². The van der Waals surface area contributed by atoms with E-state index in [1.165, 1.54) is 24.3 Å². The molecule has 3 N–H and O–H groups in total. The molecule has 1 aliphatic carbocycles. The molecule has 10 heteroatoms. The van der Waals surface area contributed by atoms with E-state index in [9.17, 15) is 22.8 Å². The monoisotopic (exact) mass is 512 g/mol. The van der Waals surface area contributed by atoms with Crippen molar-refractivity contribution in [1.82, 2.24) is 15.6 Å². The molecule has 4 rings (SSSR count). The molecule has 0 fully saturated rings. The van der Waals surface area contributed by atoms with E-state index in [2.05, 4.69) is 27.5 Å². The molecule has 0 bridgehead atoms. The minimum atomic E-state index is -4.52. The number of Topliss-reactive ketones (excluding diaryl/α,β-unsaturated/α-hetero) is 1. The van der Waals surface area contributed by atoms with Crippen LogP contribution in [0.2, 0.25) is 0 Å². The van der Waals surface area contributed by atoms with Gasteiger partial charge in [-0.05, 0) is 41.3 Å². The zero-order chi connectivity index (χ0) is 25.9. The van der Waals surface area contributed by atoms with Gasteiger partial charge in [0.15, 0.2) is 5.78 Å². The molecule has 1 unspecified atom stereocenters. The first kappa shape index (κ1) is 25.2. The Morgan fingerprint density at radius 3 is 2.69 bits per heavy atom. The number of anilines is 1. The molecule has 2 heterocycles. The van der Waals surface area contributed by atoms with Crippen LogP contribution in [-0.2, 0) is 11.3 Å². The number of rotatable bonds is 8. The fourth-order valence-electron chi connectivity index (χ4n) is 3.78. The number of halogens is 3. The molecule has 6 nitrogen and oxygen atoms in total. The van der Waals surface area contributed by atoms with Crippen LogP contribution in [0, 0.1) is 5.92 Å². The molecule has 0 spiro atoms. The smallest absolute Gasteiger partial charge is 0.380 e. The van der Waals surface area contributed by atoms with Crippen molar-refractivity contribution < 1.29 is 22.8 Å². The van der Waals surface area contributed by atoms with Crippen LogP contribution in [0.3, 0.4) is 0 Å². The minimum Gasteiger partial charge on any atom is -0.380 e. The number of carbonyl (C=O) groups is 2. The molecule has 1 atom stereocenters. The quantitative estimate of drug-likeness (QED) is 0.338. The van der Waals surface area contributed by atoms with Crippen LogP contribution in [0.4, 0.5) is 18.9 Å². The van der Waals surface area contributed by atoms with Crippen LogP contribution in [-0.4, -0.2) is 22.9 Å². The Morgan fingerprint density at radius 1 is 1.17 bits per heavy atom. The second-order valence-corrected chi connectivity index (χ2v) is 9.18. The average molecular weight is 513 g/mol. The number of fused-ring (bicyclic) bond motifs is 1. The summed E-state index contributed by atoms with van der Waals surface area (Å²) in [5, 5.41) is 11.2. The first-order chi connectivity index (χ1) is 17.1. The molecule has 0 aliphatic heterocycles. The lowest BCUT2D eigenvalue weighted by atomic mass is 9.95. The lowest BCUT2D eigenvalue weighted by molar-refractivity contribution is -0.161. The van der Waals surface area contributed by atoms with Crippen molar-refractivity contribution in [3.05, 3.63) is 94.2 Å². The SMILES string of the molecule is C=C(NC1=CC(NC(=O)c2sccc2NCc2ccnc3ccccc23)=CC(C(F)(F)F)C1)C(C)=O. The van der Waals surface area contributed by atoms with Gasteiger partial charge >= 0.3 is 6.18 Å². The highest BCUT2D eigenvalue weighted by Crippen LogP contribution is 2.35. The highest BCUT2D eigenvalue weighted by molar-refractivity contribution is 7.12. The van der Waals surface area contributed by atoms with Crippen molar-refractivity contribution in [3.8, 4) is 0 Å². The zero-order valence-corrected chi connectivity index (χ0v) is 20.1. The molecule has 1 aliphatic rings. The predicted molar refractivity (Wildman–Crippen MR) is 134 cm³/mol. The van der Waals surface area contributed by atoms with Gasteiger partial charge in [-0.1, -0.05) is 24.8 Å². The molecule has 1 aromatic carbocycles. The number of nitrogens with zero attached hydrogens (tertiary/aromatic N) is 1. The maximum atomic E-state index is 13.5. The number of thiophene rings is 1. The lowest BCUT2D eigenvalue weighted by Crippen LogP contribution is -2.32. The number of ketones is 1. The molecular formula is C26H23F3N4O2S. The summed E-state index contributed by atoms with van der Waals surface area (Å²) in [4.78, 5) is 29.2. The number of pyridine rings is 1. The zero-order valence-electron chi connectivity index (χ0n) is 19.3. The number of nitrogens with one attached hydrogen (secondary N) is 3. The van der Waals surface area contributed by atoms with E-state index in [1.54, 1.807) is 17.6 Å². The molecule has 2 aromatic heterocycles. The molecule has 1 amide bonds. The molecule has 0 radical (unpaired) electrons. The van der Waals surface area contributed by atoms with Gasteiger partial charge < -0.3 is 16.0 Å². The molecule has 36 heavy (non-hydrogen) atoms. The van der Waals surface area contributed by atoms with E-state index in [1.807, 2.05) is 30.3 Å². The van der Waals surface area contributed by atoms with Crippen molar-refractivity contribution in [2.24, 2.45) is 5.92 Å². The van der Waals surface area contributed by atoms with E-state index in [0.29, 0.717) is 17.1 Å². The van der Waals surface area contributed by atoms with Crippen LogP contribution in [0.1, 0.15) is 28.6 Å². The number of carbonyl (C=O) groups excluding carboxylic acids is 2. The first-order valence-electron chi connectivity index (χ1n) is 11.0. The number of para-hydroxylation sites is 1. The summed E-state index contributed by atoms with van der Waals surface area (Å²) < 4.78 is 40.6. The lowest BCUT2D eigenvalue weighted by Gasteiger charge is -2.25. The highest BCUT2D eigenvalue weighted by atomic mass is 32.1. The van der Waals surface area contributed by atoms with Gasteiger partial charge in [0.1, 0.15) is 4.88 Å². The van der Waals surface area contributed by atoms with Crippen LogP contribution < -0.4 is 16.0 Å². The van der Waals surface area contributed by atoms with E-state index in [-0.39, 0.29) is 23.5 Å². The van der Waals surface area contributed by atoms with Crippen LogP contribution in [0.25, 0.3) is 10.9 Å². The number of alkyl halides is 3. The molecule has 3 aromatic rings. The maximum Gasteiger partial charge on any atom is 0.395 e. The maximum absolute atomic E-state index is 13.5. The van der Waals surface area contributed by atoms with Crippen LogP contribution in [0.5, 0.6) is 0 Å². The average Bonchev–Trinajstić information content (AvgIpc) is 3.31. The van der Waals surface area contributed by atoms with Crippen molar-refractivity contribution in [2.75, 3.05) is 5.32 Å². The number of aromatic nitrogens is 1. The van der Waals surface area contributed by atoms with Crippen molar-refractivity contribution in [3.63, 3.8) is 0 Å². The van der Waals surface area contributed by atoms with E-state index >= 15 is 0 Å². The Labute approximate surface area is 209 Å². The Balaban J connectivity index is 1.51. The molecule has 186 valence electrons. The van der Waals surface area contributed by atoms with Gasteiger partial charge in [-0.2, -0.15) is 13.2 Å². The highest BCUT2D eigenvalue weighted by Gasteiger charge is 2.40. The van der Waals surface area contributed by atoms with Gasteiger partial charge in [0.05, 0.1) is 22.8 Å². The van der Waals surface area contributed by atoms with Crippen molar-refractivity contribution in [2.45, 2.75) is 26.1 Å². The van der Waals surface area contributed by atoms with Crippen LogP contribution >= 0.6 is 11.3 Å². The summed E-state index contributed by atoms with van der Waals surface area (Å²) in [5.41, 5.74) is 2.52. The topological polar surface area (TPSA) is 83.1 Å². The summed E-state index contributed by atoms with van der Waals surface area (Å²) in [6.07, 6.45) is -0.827. The fourth-order valence-corrected chi connectivity index (χ4v) is 4.54. The first-order valence-corrected chi connectivity index (χ1v) is 11.9. The standard InChI is InChI=1S/C26H23F3N4O2S/c1-15(16(2)34)32-19-11-18(26(27,28)29)12-20(13-19)33-25(35)24-23(8-10-36-24)31-14-17-7-9-30-22-6-4-3-5-21(17)22/h3-10,12-13,18,31-32H,1,11,14H2,2H3,(H,33,35). The summed E-state index contributed by atoms with van der Waals surface area (Å²) in [6, 6.07) is 11.3. The van der Waals surface area contributed by atoms with E-state index < -0.39 is 23.8 Å². The molecular weight excluding hydrogens is 489 g/mol. The Bertz CT molecular complexity index is 1390. The van der Waals surface area contributed by atoms with Gasteiger partial charge in [-0.25, -0.2) is 0 Å². The third kappa shape index (κ3) is 5.83. The Kier molecular flexibility index (Phi) is 7.25. The number of hydrogen-bond donors (Lipinski definition) is 3. The van der Waals surface area contributed by atoms with Gasteiger partial charge in [-0.3, -0.25) is 14.6 Å². The number of hydrogen-bond acceptors (Lipinski definition) is 6. The van der Waals surface area contributed by atoms with Gasteiger partial charge in [-0.15, -0.1) is 11.3 Å². The molecule has 0 saturated carbocycles. The summed E-state index contributed by atoms with van der Waals surface area (Å²) in [6.45, 7) is 5.23. The largest absolute Gasteiger partial charge is 0.395 e. The van der Waals surface area contributed by atoms with Gasteiger partial charge in [0.25, 0.3) is 5.91 Å². The Hall–Kier alpha value is -3.92. The van der Waals surface area contributed by atoms with E-state index in [4.69, 9.17) is 0 Å². The van der Waals surface area contributed by atoms with Crippen molar-refractivity contribution >= 4 is 39.6 Å². The predicted octanol–water partition coefficient (Wildman–Crippen LogP) is 5.68. The summed E-state index contributed by atoms with van der Waals surface area (Å²) in [7, 11) is 0. The second-order valence-electron chi connectivity index (χ2n) is 8.26. The minimum absolute atomic E-state index is 0.00750. The third-order valence-electron chi connectivity index (χ3n) is 5.65. The fraction of sp³-hybridized carbons (Fsp3) is 0.192. The summed E-state index contributed by atoms with van der Waals surface area (Å²) in [5.74, 6) is -2.75. The second kappa shape index (κ2) is 10.4. The van der Waals surface area contributed by atoms with E-state index in [0.717, 1.165) is 22.5 Å². The van der Waals surface area contributed by atoms with Gasteiger partial charge in [0.2, 0.25) is 0 Å². The number of amides is 1. The number of allylic oxidation sites excluding steroid dienone is 4. The molecule has 0 saturated heterocycles.